The van der Waals surface area contributed by atoms with Gasteiger partial charge in [-0.3, -0.25) is 9.59 Å². The maximum absolute atomic E-state index is 11.2. The summed E-state index contributed by atoms with van der Waals surface area (Å²) >= 11 is 0. The summed E-state index contributed by atoms with van der Waals surface area (Å²) in [5.41, 5.74) is 0. The lowest BCUT2D eigenvalue weighted by atomic mass is 10.2. The van der Waals surface area contributed by atoms with Crippen molar-refractivity contribution >= 4 is 11.9 Å². The van der Waals surface area contributed by atoms with Gasteiger partial charge < -0.3 is 14.3 Å². The predicted molar refractivity (Wildman–Crippen MR) is 47.2 cm³/mol. The quantitative estimate of drug-likeness (QED) is 0.449. The minimum Gasteiger partial charge on any atom is -0.469 e. The van der Waals surface area contributed by atoms with E-state index in [1.54, 1.807) is 0 Å². The van der Waals surface area contributed by atoms with Gasteiger partial charge in [0.2, 0.25) is 0 Å². The Morgan fingerprint density at radius 1 is 1.21 bits per heavy atom. The molecule has 0 aromatic rings. The van der Waals surface area contributed by atoms with Crippen LogP contribution in [0.3, 0.4) is 0 Å². The summed E-state index contributed by atoms with van der Waals surface area (Å²) in [6.45, 7) is 0. The molecule has 0 aliphatic carbocycles. The molecule has 82 valence electrons. The maximum Gasteiger partial charge on any atom is 0.326 e. The van der Waals surface area contributed by atoms with Crippen LogP contribution in [0, 0.1) is 0 Å². The molecule has 0 unspecified atom stereocenters. The first-order valence-electron chi connectivity index (χ1n) is 3.98. The van der Waals surface area contributed by atoms with Gasteiger partial charge in [0.25, 0.3) is 0 Å². The fourth-order valence-corrected chi connectivity index (χ4v) is 0.865. The van der Waals surface area contributed by atoms with E-state index in [1.807, 2.05) is 0 Å². The summed E-state index contributed by atoms with van der Waals surface area (Å²) in [4.78, 5) is 27.0. The van der Waals surface area contributed by atoms with Crippen LogP contribution in [0.5, 0.6) is 0 Å². The number of methoxy groups -OCH3 is 2. The topological polar surface area (TPSA) is 65.1 Å². The molecule has 0 spiro atoms. The molecule has 6 heteroatoms. The highest BCUT2D eigenvalue weighted by Gasteiger charge is 2.27. The van der Waals surface area contributed by atoms with E-state index in [0.29, 0.717) is 0 Å². The van der Waals surface area contributed by atoms with E-state index in [9.17, 15) is 9.59 Å². The molecule has 0 radical (unpaired) electrons. The van der Waals surface area contributed by atoms with Crippen molar-refractivity contribution in [1.82, 2.24) is 5.06 Å². The molecule has 0 bridgehead atoms. The van der Waals surface area contributed by atoms with E-state index in [2.05, 4.69) is 9.47 Å². The van der Waals surface area contributed by atoms with Crippen LogP contribution < -0.4 is 0 Å². The summed E-state index contributed by atoms with van der Waals surface area (Å²) in [6, 6.07) is -0.780. The SMILES string of the molecule is COC(=O)C[C@@H](C(=O)OC)N(C)OC. The zero-order valence-electron chi connectivity index (χ0n) is 8.77. The van der Waals surface area contributed by atoms with Gasteiger partial charge in [0.15, 0.2) is 0 Å². The van der Waals surface area contributed by atoms with Crippen LogP contribution >= 0.6 is 0 Å². The van der Waals surface area contributed by atoms with Gasteiger partial charge in [-0.15, -0.1) is 0 Å². The Kier molecular flexibility index (Phi) is 5.82. The predicted octanol–water partition coefficient (Wildman–Crippen LogP) is -0.416. The second kappa shape index (κ2) is 6.33. The van der Waals surface area contributed by atoms with Gasteiger partial charge in [0, 0.05) is 7.05 Å². The van der Waals surface area contributed by atoms with Gasteiger partial charge in [-0.05, 0) is 0 Å². The van der Waals surface area contributed by atoms with Crippen molar-refractivity contribution in [3.8, 4) is 0 Å². The van der Waals surface area contributed by atoms with Crippen LogP contribution in [0.4, 0.5) is 0 Å². The Morgan fingerprint density at radius 3 is 2.14 bits per heavy atom. The van der Waals surface area contributed by atoms with Crippen molar-refractivity contribution in [3.05, 3.63) is 0 Å². The van der Waals surface area contributed by atoms with E-state index in [0.717, 1.165) is 0 Å². The van der Waals surface area contributed by atoms with Gasteiger partial charge in [0.05, 0.1) is 27.8 Å². The molecule has 0 amide bonds. The van der Waals surface area contributed by atoms with Crippen LogP contribution in [0.15, 0.2) is 0 Å². The number of hydrogen-bond donors (Lipinski definition) is 0. The minimum atomic E-state index is -0.780. The average Bonchev–Trinajstić information content (AvgIpc) is 2.23. The summed E-state index contributed by atoms with van der Waals surface area (Å²) in [5, 5.41) is 1.24. The van der Waals surface area contributed by atoms with Crippen LogP contribution in [0.25, 0.3) is 0 Å². The van der Waals surface area contributed by atoms with Crippen LogP contribution in [0.2, 0.25) is 0 Å². The van der Waals surface area contributed by atoms with Crippen molar-refractivity contribution in [2.24, 2.45) is 0 Å². The third-order valence-corrected chi connectivity index (χ3v) is 1.79. The highest BCUT2D eigenvalue weighted by atomic mass is 16.7. The summed E-state index contributed by atoms with van der Waals surface area (Å²) in [6.07, 6.45) is -0.104. The average molecular weight is 205 g/mol. The molecule has 0 N–H and O–H groups in total. The number of ether oxygens (including phenoxy) is 2. The lowest BCUT2D eigenvalue weighted by molar-refractivity contribution is -0.182. The summed E-state index contributed by atoms with van der Waals surface area (Å²) < 4.78 is 8.95. The molecule has 6 nitrogen and oxygen atoms in total. The Bertz CT molecular complexity index is 206. The lowest BCUT2D eigenvalue weighted by Crippen LogP contribution is -2.40. The largest absolute Gasteiger partial charge is 0.469 e. The van der Waals surface area contributed by atoms with Gasteiger partial charge in [-0.1, -0.05) is 0 Å². The van der Waals surface area contributed by atoms with Crippen molar-refractivity contribution in [2.45, 2.75) is 12.5 Å². The monoisotopic (exact) mass is 205 g/mol. The molecule has 0 saturated carbocycles. The van der Waals surface area contributed by atoms with Crippen LogP contribution in [0.1, 0.15) is 6.42 Å². The van der Waals surface area contributed by atoms with Crippen molar-refractivity contribution < 1.29 is 23.9 Å². The van der Waals surface area contributed by atoms with Crippen LogP contribution in [-0.2, 0) is 23.9 Å². The fraction of sp³-hybridized carbons (Fsp3) is 0.750. The number of carbonyl (C=O) groups excluding carboxylic acids is 2. The summed E-state index contributed by atoms with van der Waals surface area (Å²) in [5.74, 6) is -1.04. The van der Waals surface area contributed by atoms with E-state index >= 15 is 0 Å². The van der Waals surface area contributed by atoms with Crippen LogP contribution in [-0.4, -0.2) is 51.4 Å². The normalized spacial score (nSPS) is 12.4. The zero-order valence-corrected chi connectivity index (χ0v) is 8.77. The highest BCUT2D eigenvalue weighted by molar-refractivity contribution is 5.82. The number of carbonyl (C=O) groups is 2. The van der Waals surface area contributed by atoms with E-state index in [-0.39, 0.29) is 6.42 Å². The molecule has 0 saturated heterocycles. The number of hydroxylamine groups is 2. The van der Waals surface area contributed by atoms with E-state index in [1.165, 1.54) is 33.4 Å². The van der Waals surface area contributed by atoms with Gasteiger partial charge in [-0.2, -0.15) is 5.06 Å². The Balaban J connectivity index is 4.39. The molecule has 0 fully saturated rings. The Labute approximate surface area is 82.7 Å². The molecule has 0 aliphatic heterocycles. The standard InChI is InChI=1S/C8H15NO5/c1-9(14-4)6(8(11)13-3)5-7(10)12-2/h6H,5H2,1-4H3/t6-/m0/s1. The first-order valence-corrected chi connectivity index (χ1v) is 3.98. The summed E-state index contributed by atoms with van der Waals surface area (Å²) in [7, 11) is 5.43. The van der Waals surface area contributed by atoms with Gasteiger partial charge in [0.1, 0.15) is 6.04 Å². The smallest absolute Gasteiger partial charge is 0.326 e. The lowest BCUT2D eigenvalue weighted by Gasteiger charge is -2.22. The second-order valence-corrected chi connectivity index (χ2v) is 2.55. The van der Waals surface area contributed by atoms with E-state index in [4.69, 9.17) is 4.84 Å². The molecule has 14 heavy (non-hydrogen) atoms. The minimum absolute atomic E-state index is 0.104. The number of likely N-dealkylation sites (N-methyl/N-ethyl adjacent to an activating group) is 1. The number of esters is 2. The molecular weight excluding hydrogens is 190 g/mol. The first kappa shape index (κ1) is 12.9. The number of nitrogens with zero attached hydrogens (tertiary/aromatic N) is 1. The molecule has 0 heterocycles. The molecular formula is C8H15NO5. The first-order chi connectivity index (χ1) is 6.56. The number of hydrogen-bond acceptors (Lipinski definition) is 6. The second-order valence-electron chi connectivity index (χ2n) is 2.55. The molecule has 0 rings (SSSR count). The van der Waals surface area contributed by atoms with Crippen molar-refractivity contribution in [1.29, 1.82) is 0 Å². The van der Waals surface area contributed by atoms with E-state index < -0.39 is 18.0 Å². The Hall–Kier alpha value is -1.14. The van der Waals surface area contributed by atoms with Gasteiger partial charge >= 0.3 is 11.9 Å². The molecule has 0 aromatic carbocycles. The fourth-order valence-electron chi connectivity index (χ4n) is 0.865. The third-order valence-electron chi connectivity index (χ3n) is 1.79. The maximum atomic E-state index is 11.2. The Morgan fingerprint density at radius 2 is 1.79 bits per heavy atom. The molecule has 1 atom stereocenters. The zero-order chi connectivity index (χ0) is 11.1. The third kappa shape index (κ3) is 3.71. The molecule has 0 aromatic heterocycles. The highest BCUT2D eigenvalue weighted by Crippen LogP contribution is 2.05. The number of rotatable bonds is 5. The van der Waals surface area contributed by atoms with Gasteiger partial charge in [-0.25, -0.2) is 0 Å². The van der Waals surface area contributed by atoms with Crippen molar-refractivity contribution in [3.63, 3.8) is 0 Å². The van der Waals surface area contributed by atoms with Crippen molar-refractivity contribution in [2.75, 3.05) is 28.4 Å². The molecule has 0 aliphatic rings.